The molecule has 1 aromatic carbocycles. The van der Waals surface area contributed by atoms with Gasteiger partial charge in [0.25, 0.3) is 10.0 Å². The van der Waals surface area contributed by atoms with Gasteiger partial charge in [0.1, 0.15) is 4.90 Å². The number of hydrogen-bond acceptors (Lipinski definition) is 4. The largest absolute Gasteiger partial charge is 0.481 e. The Hall–Kier alpha value is -1.50. The Labute approximate surface area is 126 Å². The number of rotatable bonds is 4. The molecule has 20 heavy (non-hydrogen) atoms. The molecule has 0 saturated carbocycles. The number of halogens is 2. The first kappa shape index (κ1) is 14.9. The lowest BCUT2D eigenvalue weighted by molar-refractivity contribution is 0.398. The van der Waals surface area contributed by atoms with Crippen molar-refractivity contribution in [3.05, 3.63) is 46.6 Å². The fourth-order valence-corrected chi connectivity index (χ4v) is 3.27. The van der Waals surface area contributed by atoms with E-state index < -0.39 is 10.0 Å². The molecule has 0 spiro atoms. The normalized spacial score (nSPS) is 11.2. The summed E-state index contributed by atoms with van der Waals surface area (Å²) in [5, 5.41) is 0.144. The molecule has 0 atom stereocenters. The SMILES string of the molecule is COc1ccc(NS(=O)(=O)c2cccc(Cl)c2Cl)cn1. The number of sulfonamides is 1. The summed E-state index contributed by atoms with van der Waals surface area (Å²) in [5.41, 5.74) is 0.293. The van der Waals surface area contributed by atoms with Gasteiger partial charge in [-0.3, -0.25) is 4.72 Å². The maximum atomic E-state index is 12.2. The number of nitrogens with zero attached hydrogens (tertiary/aromatic N) is 1. The van der Waals surface area contributed by atoms with E-state index in [2.05, 4.69) is 9.71 Å². The molecule has 1 heterocycles. The van der Waals surface area contributed by atoms with E-state index in [1.807, 2.05) is 0 Å². The summed E-state index contributed by atoms with van der Waals surface area (Å²) >= 11 is 11.7. The average molecular weight is 333 g/mol. The third-order valence-electron chi connectivity index (χ3n) is 2.40. The molecule has 8 heteroatoms. The summed E-state index contributed by atoms with van der Waals surface area (Å²) in [5.74, 6) is 0.383. The lowest BCUT2D eigenvalue weighted by atomic mass is 10.4. The lowest BCUT2D eigenvalue weighted by Gasteiger charge is -2.10. The zero-order valence-electron chi connectivity index (χ0n) is 10.3. The van der Waals surface area contributed by atoms with Crippen molar-refractivity contribution in [3.8, 4) is 5.88 Å². The quantitative estimate of drug-likeness (QED) is 0.933. The zero-order valence-corrected chi connectivity index (χ0v) is 12.6. The standard InChI is InChI=1S/C12H10Cl2N2O3S/c1-19-11-6-5-8(7-15-11)16-20(17,18)10-4-2-3-9(13)12(10)14/h2-7,16H,1H3. The molecule has 0 aliphatic rings. The van der Waals surface area contributed by atoms with Gasteiger partial charge in [0.2, 0.25) is 5.88 Å². The van der Waals surface area contributed by atoms with Gasteiger partial charge in [-0.1, -0.05) is 29.3 Å². The smallest absolute Gasteiger partial charge is 0.263 e. The van der Waals surface area contributed by atoms with Crippen LogP contribution in [0.5, 0.6) is 5.88 Å². The fourth-order valence-electron chi connectivity index (χ4n) is 1.46. The molecule has 0 saturated heterocycles. The minimum atomic E-state index is -3.83. The van der Waals surface area contributed by atoms with E-state index >= 15 is 0 Å². The van der Waals surface area contributed by atoms with Gasteiger partial charge in [-0.05, 0) is 18.2 Å². The summed E-state index contributed by atoms with van der Waals surface area (Å²) in [6, 6.07) is 7.46. The predicted molar refractivity (Wildman–Crippen MR) is 78.1 cm³/mol. The van der Waals surface area contributed by atoms with Crippen LogP contribution in [0.2, 0.25) is 10.0 Å². The van der Waals surface area contributed by atoms with E-state index in [0.29, 0.717) is 11.6 Å². The van der Waals surface area contributed by atoms with Crippen LogP contribution in [0.3, 0.4) is 0 Å². The number of ether oxygens (including phenoxy) is 1. The zero-order chi connectivity index (χ0) is 14.8. The van der Waals surface area contributed by atoms with Gasteiger partial charge in [0.15, 0.2) is 0 Å². The van der Waals surface area contributed by atoms with E-state index in [4.69, 9.17) is 27.9 Å². The molecule has 2 aromatic rings. The second kappa shape index (κ2) is 5.87. The van der Waals surface area contributed by atoms with Crippen molar-refractivity contribution < 1.29 is 13.2 Å². The highest BCUT2D eigenvalue weighted by Crippen LogP contribution is 2.30. The van der Waals surface area contributed by atoms with Crippen LogP contribution in [0.15, 0.2) is 41.4 Å². The lowest BCUT2D eigenvalue weighted by Crippen LogP contribution is -2.13. The Morgan fingerprint density at radius 1 is 1.20 bits per heavy atom. The number of benzene rings is 1. The first-order chi connectivity index (χ1) is 9.44. The van der Waals surface area contributed by atoms with Gasteiger partial charge in [-0.15, -0.1) is 0 Å². The van der Waals surface area contributed by atoms with Crippen LogP contribution in [0, 0.1) is 0 Å². The van der Waals surface area contributed by atoms with E-state index in [0.717, 1.165) is 0 Å². The van der Waals surface area contributed by atoms with Crippen molar-refractivity contribution in [2.75, 3.05) is 11.8 Å². The number of pyridine rings is 1. The molecule has 1 aromatic heterocycles. The number of anilines is 1. The third kappa shape index (κ3) is 3.15. The molecular weight excluding hydrogens is 323 g/mol. The molecular formula is C12H10Cl2N2O3S. The summed E-state index contributed by atoms with van der Waals surface area (Å²) in [7, 11) is -2.36. The Morgan fingerprint density at radius 3 is 2.55 bits per heavy atom. The molecule has 0 aliphatic heterocycles. The van der Waals surface area contributed by atoms with Crippen molar-refractivity contribution in [2.45, 2.75) is 4.90 Å². The topological polar surface area (TPSA) is 68.3 Å². The van der Waals surface area contributed by atoms with Crippen molar-refractivity contribution in [1.29, 1.82) is 0 Å². The van der Waals surface area contributed by atoms with Crippen LogP contribution in [0.1, 0.15) is 0 Å². The molecule has 0 fully saturated rings. The van der Waals surface area contributed by atoms with Crippen molar-refractivity contribution in [3.63, 3.8) is 0 Å². The molecule has 5 nitrogen and oxygen atoms in total. The highest BCUT2D eigenvalue weighted by Gasteiger charge is 2.19. The Morgan fingerprint density at radius 2 is 1.95 bits per heavy atom. The van der Waals surface area contributed by atoms with Crippen molar-refractivity contribution in [1.82, 2.24) is 4.98 Å². The van der Waals surface area contributed by atoms with Gasteiger partial charge in [0.05, 0.1) is 29.0 Å². The minimum absolute atomic E-state index is 0.0249. The average Bonchev–Trinajstić information content (AvgIpc) is 2.42. The molecule has 0 aliphatic carbocycles. The van der Waals surface area contributed by atoms with Crippen LogP contribution < -0.4 is 9.46 Å². The van der Waals surface area contributed by atoms with Crippen molar-refractivity contribution >= 4 is 38.9 Å². The van der Waals surface area contributed by atoms with E-state index in [9.17, 15) is 8.42 Å². The first-order valence-corrected chi connectivity index (χ1v) is 7.65. The van der Waals surface area contributed by atoms with Gasteiger partial charge in [-0.2, -0.15) is 0 Å². The summed E-state index contributed by atoms with van der Waals surface area (Å²) < 4.78 is 31.7. The summed E-state index contributed by atoms with van der Waals surface area (Å²) in [4.78, 5) is 3.81. The van der Waals surface area contributed by atoms with Crippen LogP contribution >= 0.6 is 23.2 Å². The summed E-state index contributed by atoms with van der Waals surface area (Å²) in [6.07, 6.45) is 1.34. The second-order valence-electron chi connectivity index (χ2n) is 3.75. The van der Waals surface area contributed by atoms with Gasteiger partial charge < -0.3 is 4.74 Å². The Bertz CT molecular complexity index is 718. The predicted octanol–water partition coefficient (Wildman–Crippen LogP) is 3.20. The van der Waals surface area contributed by atoms with Gasteiger partial charge >= 0.3 is 0 Å². The number of hydrogen-bond donors (Lipinski definition) is 1. The van der Waals surface area contributed by atoms with E-state index in [1.165, 1.54) is 43.6 Å². The highest BCUT2D eigenvalue weighted by molar-refractivity contribution is 7.92. The summed E-state index contributed by atoms with van der Waals surface area (Å²) in [6.45, 7) is 0. The Balaban J connectivity index is 2.33. The van der Waals surface area contributed by atoms with Gasteiger partial charge in [0, 0.05) is 6.07 Å². The molecule has 1 N–H and O–H groups in total. The van der Waals surface area contributed by atoms with Crippen LogP contribution in [0.4, 0.5) is 5.69 Å². The van der Waals surface area contributed by atoms with Gasteiger partial charge in [-0.25, -0.2) is 13.4 Å². The second-order valence-corrected chi connectivity index (χ2v) is 6.18. The van der Waals surface area contributed by atoms with E-state index in [-0.39, 0.29) is 14.9 Å². The number of nitrogens with one attached hydrogen (secondary N) is 1. The molecule has 0 radical (unpaired) electrons. The number of aromatic nitrogens is 1. The monoisotopic (exact) mass is 332 g/mol. The highest BCUT2D eigenvalue weighted by atomic mass is 35.5. The van der Waals surface area contributed by atoms with Crippen LogP contribution in [-0.4, -0.2) is 20.5 Å². The van der Waals surface area contributed by atoms with E-state index in [1.54, 1.807) is 0 Å². The molecule has 0 unspecified atom stereocenters. The molecule has 106 valence electrons. The first-order valence-electron chi connectivity index (χ1n) is 5.41. The fraction of sp³-hybridized carbons (Fsp3) is 0.0833. The number of methoxy groups -OCH3 is 1. The third-order valence-corrected chi connectivity index (χ3v) is 4.76. The Kier molecular flexibility index (Phi) is 4.37. The van der Waals surface area contributed by atoms with Crippen LogP contribution in [0.25, 0.3) is 0 Å². The maximum Gasteiger partial charge on any atom is 0.263 e. The molecule has 2 rings (SSSR count). The van der Waals surface area contributed by atoms with Crippen LogP contribution in [-0.2, 0) is 10.0 Å². The molecule has 0 amide bonds. The minimum Gasteiger partial charge on any atom is -0.481 e. The molecule has 0 bridgehead atoms. The van der Waals surface area contributed by atoms with Crippen molar-refractivity contribution in [2.24, 2.45) is 0 Å². The maximum absolute atomic E-state index is 12.2.